The number of fused-ring (bicyclic) bond motifs is 1. The molecule has 2 heterocycles. The Kier molecular flexibility index (Phi) is 4.00. The zero-order chi connectivity index (χ0) is 15.6. The van der Waals surface area contributed by atoms with Gasteiger partial charge in [0.1, 0.15) is 0 Å². The van der Waals surface area contributed by atoms with Gasteiger partial charge in [-0.1, -0.05) is 31.0 Å². The minimum Gasteiger partial charge on any atom is -0.336 e. The Hall–Kier alpha value is -1.94. The van der Waals surface area contributed by atoms with E-state index in [4.69, 9.17) is 0 Å². The molecule has 2 aliphatic rings. The highest BCUT2D eigenvalue weighted by Crippen LogP contribution is 2.25. The van der Waals surface area contributed by atoms with Crippen molar-refractivity contribution in [3.8, 4) is 0 Å². The van der Waals surface area contributed by atoms with Crippen LogP contribution in [0.3, 0.4) is 0 Å². The van der Waals surface area contributed by atoms with E-state index in [2.05, 4.69) is 9.88 Å². The number of piperazine rings is 1. The molecule has 1 aliphatic carbocycles. The summed E-state index contributed by atoms with van der Waals surface area (Å²) in [6.07, 6.45) is 7.16. The summed E-state index contributed by atoms with van der Waals surface area (Å²) in [4.78, 5) is 21.9. The third kappa shape index (κ3) is 2.83. The van der Waals surface area contributed by atoms with Gasteiger partial charge in [0.15, 0.2) is 0 Å². The molecule has 0 bridgehead atoms. The van der Waals surface area contributed by atoms with Crippen molar-refractivity contribution in [2.24, 2.45) is 0 Å². The Morgan fingerprint density at radius 2 is 1.74 bits per heavy atom. The molecule has 1 aromatic carbocycles. The lowest BCUT2D eigenvalue weighted by atomic mass is 10.1. The Labute approximate surface area is 137 Å². The summed E-state index contributed by atoms with van der Waals surface area (Å²) in [6, 6.07) is 10.5. The number of nitrogens with zero attached hydrogens (tertiary/aromatic N) is 3. The number of rotatable bonds is 2. The topological polar surface area (TPSA) is 36.4 Å². The van der Waals surface area contributed by atoms with Gasteiger partial charge < -0.3 is 4.90 Å². The number of hydrogen-bond acceptors (Lipinski definition) is 3. The van der Waals surface area contributed by atoms with Gasteiger partial charge >= 0.3 is 0 Å². The molecule has 4 heteroatoms. The van der Waals surface area contributed by atoms with Crippen LogP contribution in [0, 0.1) is 0 Å². The molecule has 0 spiro atoms. The summed E-state index contributed by atoms with van der Waals surface area (Å²) in [5.74, 6) is 0.125. The third-order valence-electron chi connectivity index (χ3n) is 5.31. The molecule has 23 heavy (non-hydrogen) atoms. The highest BCUT2D eigenvalue weighted by Gasteiger charge is 2.28. The fourth-order valence-electron chi connectivity index (χ4n) is 4.01. The lowest BCUT2D eigenvalue weighted by molar-refractivity contribution is 0.0575. The molecule has 2 fully saturated rings. The quantitative estimate of drug-likeness (QED) is 0.856. The zero-order valence-corrected chi connectivity index (χ0v) is 13.4. The highest BCUT2D eigenvalue weighted by atomic mass is 16.2. The maximum atomic E-state index is 12.9. The number of aromatic nitrogens is 1. The van der Waals surface area contributed by atoms with E-state index in [1.807, 2.05) is 35.2 Å². The molecule has 4 nitrogen and oxygen atoms in total. The maximum Gasteiger partial charge on any atom is 0.256 e. The molecule has 1 aliphatic heterocycles. The van der Waals surface area contributed by atoms with E-state index in [-0.39, 0.29) is 5.91 Å². The van der Waals surface area contributed by atoms with E-state index in [0.29, 0.717) is 0 Å². The van der Waals surface area contributed by atoms with Crippen molar-refractivity contribution < 1.29 is 4.79 Å². The molecule has 0 N–H and O–H groups in total. The summed E-state index contributed by atoms with van der Waals surface area (Å²) in [5, 5.41) is 1.03. The summed E-state index contributed by atoms with van der Waals surface area (Å²) in [7, 11) is 0. The van der Waals surface area contributed by atoms with Crippen LogP contribution in [0.2, 0.25) is 0 Å². The van der Waals surface area contributed by atoms with Gasteiger partial charge in [0, 0.05) is 43.8 Å². The number of benzene rings is 1. The fourth-order valence-corrected chi connectivity index (χ4v) is 4.01. The first-order chi connectivity index (χ1) is 11.3. The van der Waals surface area contributed by atoms with Gasteiger partial charge in [-0.2, -0.15) is 0 Å². The van der Waals surface area contributed by atoms with E-state index in [9.17, 15) is 4.79 Å². The first-order valence-corrected chi connectivity index (χ1v) is 8.70. The summed E-state index contributed by atoms with van der Waals surface area (Å²) >= 11 is 0. The Morgan fingerprint density at radius 1 is 1.00 bits per heavy atom. The second kappa shape index (κ2) is 6.28. The number of para-hydroxylation sites is 1. The number of carbonyl (C=O) groups is 1. The second-order valence-corrected chi connectivity index (χ2v) is 6.65. The summed E-state index contributed by atoms with van der Waals surface area (Å²) in [5.41, 5.74) is 1.55. The monoisotopic (exact) mass is 309 g/mol. The molecule has 2 aromatic rings. The van der Waals surface area contributed by atoms with E-state index < -0.39 is 0 Å². The van der Waals surface area contributed by atoms with Gasteiger partial charge in [0.2, 0.25) is 0 Å². The summed E-state index contributed by atoms with van der Waals surface area (Å²) in [6.45, 7) is 3.68. The van der Waals surface area contributed by atoms with Crippen LogP contribution in [-0.4, -0.2) is 52.9 Å². The molecule has 0 atom stereocenters. The van der Waals surface area contributed by atoms with Crippen molar-refractivity contribution in [3.05, 3.63) is 42.1 Å². The van der Waals surface area contributed by atoms with E-state index >= 15 is 0 Å². The number of hydrogen-bond donors (Lipinski definition) is 0. The molecule has 1 saturated carbocycles. The van der Waals surface area contributed by atoms with Gasteiger partial charge in [0.25, 0.3) is 5.91 Å². The van der Waals surface area contributed by atoms with Gasteiger partial charge in [0.05, 0.1) is 11.1 Å². The van der Waals surface area contributed by atoms with Crippen LogP contribution in [0.4, 0.5) is 0 Å². The predicted octanol–water partition coefficient (Wildman–Crippen LogP) is 2.94. The van der Waals surface area contributed by atoms with Crippen LogP contribution in [0.5, 0.6) is 0 Å². The van der Waals surface area contributed by atoms with Crippen molar-refractivity contribution >= 4 is 16.8 Å². The van der Waals surface area contributed by atoms with Crippen molar-refractivity contribution in [1.29, 1.82) is 0 Å². The first-order valence-electron chi connectivity index (χ1n) is 8.70. The highest BCUT2D eigenvalue weighted by molar-refractivity contribution is 6.05. The smallest absolute Gasteiger partial charge is 0.256 e. The largest absolute Gasteiger partial charge is 0.336 e. The van der Waals surface area contributed by atoms with E-state index in [0.717, 1.165) is 48.7 Å². The van der Waals surface area contributed by atoms with Gasteiger partial charge in [-0.05, 0) is 25.0 Å². The number of pyridine rings is 1. The van der Waals surface area contributed by atoms with Crippen LogP contribution in [0.1, 0.15) is 36.0 Å². The number of amides is 1. The van der Waals surface area contributed by atoms with Crippen molar-refractivity contribution in [2.45, 2.75) is 31.7 Å². The Bertz CT molecular complexity index is 695. The molecule has 120 valence electrons. The predicted molar refractivity (Wildman–Crippen MR) is 91.5 cm³/mol. The van der Waals surface area contributed by atoms with E-state index in [1.165, 1.54) is 25.7 Å². The van der Waals surface area contributed by atoms with E-state index in [1.54, 1.807) is 6.20 Å². The van der Waals surface area contributed by atoms with Crippen LogP contribution >= 0.6 is 0 Å². The average Bonchev–Trinajstić information content (AvgIpc) is 3.15. The van der Waals surface area contributed by atoms with Crippen LogP contribution in [0.15, 0.2) is 36.5 Å². The molecular formula is C19H23N3O. The molecule has 1 amide bonds. The fraction of sp³-hybridized carbons (Fsp3) is 0.474. The average molecular weight is 309 g/mol. The SMILES string of the molecule is O=C(c1cccc2cccnc12)N1CCN(C2CCCC2)CC1. The van der Waals surface area contributed by atoms with Gasteiger partial charge in [-0.15, -0.1) is 0 Å². The Balaban J connectivity index is 1.49. The van der Waals surface area contributed by atoms with Crippen LogP contribution < -0.4 is 0 Å². The van der Waals surface area contributed by atoms with Crippen LogP contribution in [0.25, 0.3) is 10.9 Å². The molecule has 1 saturated heterocycles. The zero-order valence-electron chi connectivity index (χ0n) is 13.4. The third-order valence-corrected chi connectivity index (χ3v) is 5.31. The molecule has 4 rings (SSSR count). The standard InChI is InChI=1S/C19H23N3O/c23-19(17-9-3-5-15-6-4-10-20-18(15)17)22-13-11-21(12-14-22)16-7-1-2-8-16/h3-6,9-10,16H,1-2,7-8,11-14H2. The number of carbonyl (C=O) groups excluding carboxylic acids is 1. The normalized spacial score (nSPS) is 20.3. The van der Waals surface area contributed by atoms with Crippen molar-refractivity contribution in [2.75, 3.05) is 26.2 Å². The minimum absolute atomic E-state index is 0.125. The summed E-state index contributed by atoms with van der Waals surface area (Å²) < 4.78 is 0. The van der Waals surface area contributed by atoms with Crippen LogP contribution in [-0.2, 0) is 0 Å². The lowest BCUT2D eigenvalue weighted by Gasteiger charge is -2.38. The molecule has 1 aromatic heterocycles. The second-order valence-electron chi connectivity index (χ2n) is 6.65. The Morgan fingerprint density at radius 3 is 2.52 bits per heavy atom. The minimum atomic E-state index is 0.125. The van der Waals surface area contributed by atoms with Crippen molar-refractivity contribution in [3.63, 3.8) is 0 Å². The lowest BCUT2D eigenvalue weighted by Crippen LogP contribution is -2.51. The molecule has 0 radical (unpaired) electrons. The van der Waals surface area contributed by atoms with Crippen molar-refractivity contribution in [1.82, 2.24) is 14.8 Å². The molecule has 0 unspecified atom stereocenters. The first kappa shape index (κ1) is 14.6. The van der Waals surface area contributed by atoms with Gasteiger partial charge in [-0.3, -0.25) is 14.7 Å². The maximum absolute atomic E-state index is 12.9. The van der Waals surface area contributed by atoms with Gasteiger partial charge in [-0.25, -0.2) is 0 Å². The molecular weight excluding hydrogens is 286 g/mol.